The number of morpholine rings is 1. The quantitative estimate of drug-likeness (QED) is 0.670. The summed E-state index contributed by atoms with van der Waals surface area (Å²) < 4.78 is 7.42. The summed E-state index contributed by atoms with van der Waals surface area (Å²) >= 11 is 1.44. The average molecular weight is 370 g/mol. The molecule has 1 fully saturated rings. The highest BCUT2D eigenvalue weighted by atomic mass is 32.2. The van der Waals surface area contributed by atoms with E-state index >= 15 is 0 Å². The first kappa shape index (κ1) is 20.2. The molecule has 1 saturated heterocycles. The third-order valence-corrected chi connectivity index (χ3v) is 5.23. The van der Waals surface area contributed by atoms with Gasteiger partial charge >= 0.3 is 0 Å². The molecule has 1 atom stereocenters. The first-order valence-corrected chi connectivity index (χ1v) is 10.1. The third-order valence-electron chi connectivity index (χ3n) is 4.27. The van der Waals surface area contributed by atoms with Gasteiger partial charge in [0, 0.05) is 31.7 Å². The molecule has 7 nitrogen and oxygen atoms in total. The summed E-state index contributed by atoms with van der Waals surface area (Å²) in [6.45, 7) is 12.7. The minimum absolute atomic E-state index is 0.0466. The van der Waals surface area contributed by atoms with Crippen LogP contribution in [0.2, 0.25) is 0 Å². The molecule has 142 valence electrons. The molecule has 0 spiro atoms. The molecule has 2 heterocycles. The molecule has 1 aliphatic heterocycles. The molecule has 1 N–H and O–H groups in total. The van der Waals surface area contributed by atoms with Crippen LogP contribution in [0.15, 0.2) is 11.5 Å². The number of amides is 1. The van der Waals surface area contributed by atoms with Gasteiger partial charge in [-0.1, -0.05) is 25.6 Å². The number of aromatic nitrogens is 3. The highest BCUT2D eigenvalue weighted by Crippen LogP contribution is 2.18. The number of hydrogen-bond donors (Lipinski definition) is 1. The molecule has 0 saturated carbocycles. The number of nitrogens with zero attached hydrogens (tertiary/aromatic N) is 4. The van der Waals surface area contributed by atoms with Gasteiger partial charge in [0.1, 0.15) is 6.33 Å². The van der Waals surface area contributed by atoms with E-state index in [4.69, 9.17) is 4.74 Å². The molecule has 1 unspecified atom stereocenters. The molecule has 1 aromatic rings. The molecule has 0 aliphatic carbocycles. The Labute approximate surface area is 154 Å². The minimum atomic E-state index is 0.0466. The highest BCUT2D eigenvalue weighted by Gasteiger charge is 2.22. The van der Waals surface area contributed by atoms with E-state index < -0.39 is 0 Å². The molecule has 8 heteroatoms. The van der Waals surface area contributed by atoms with Crippen LogP contribution in [0.4, 0.5) is 0 Å². The molecule has 0 radical (unpaired) electrons. The Morgan fingerprint density at radius 2 is 2.04 bits per heavy atom. The van der Waals surface area contributed by atoms with Crippen molar-refractivity contribution < 1.29 is 9.53 Å². The van der Waals surface area contributed by atoms with Crippen molar-refractivity contribution in [2.45, 2.75) is 51.4 Å². The average Bonchev–Trinajstić information content (AvgIpc) is 3.06. The lowest BCUT2D eigenvalue weighted by molar-refractivity contribution is -0.118. The Balaban J connectivity index is 1.80. The number of nitrogens with one attached hydrogen (secondary N) is 1. The maximum Gasteiger partial charge on any atom is 0.230 e. The Bertz CT molecular complexity index is 529. The van der Waals surface area contributed by atoms with Crippen LogP contribution in [-0.4, -0.2) is 70.2 Å². The lowest BCUT2D eigenvalue weighted by Crippen LogP contribution is -2.49. The fraction of sp³-hybridized carbons (Fsp3) is 0.824. The standard InChI is InChI=1S/C17H31N5O2S/c1-13(2)9-15(21-5-7-24-8-6-21)10-18-16(23)11-25-17-20-19-12-22(17)14(3)4/h12-15H,5-11H2,1-4H3,(H,18,23). The monoisotopic (exact) mass is 369 g/mol. The zero-order valence-corrected chi connectivity index (χ0v) is 16.6. The minimum Gasteiger partial charge on any atom is -0.379 e. The summed E-state index contributed by atoms with van der Waals surface area (Å²) in [5, 5.41) is 11.9. The first-order valence-electron chi connectivity index (χ1n) is 9.08. The molecule has 0 bridgehead atoms. The van der Waals surface area contributed by atoms with Gasteiger partial charge in [-0.25, -0.2) is 0 Å². The van der Waals surface area contributed by atoms with Gasteiger partial charge < -0.3 is 14.6 Å². The summed E-state index contributed by atoms with van der Waals surface area (Å²) in [5.74, 6) is 1.01. The largest absolute Gasteiger partial charge is 0.379 e. The number of carbonyl (C=O) groups is 1. The van der Waals surface area contributed by atoms with Crippen molar-refractivity contribution in [3.8, 4) is 0 Å². The number of thioether (sulfide) groups is 1. The van der Waals surface area contributed by atoms with Gasteiger partial charge in [0.2, 0.25) is 5.91 Å². The van der Waals surface area contributed by atoms with Gasteiger partial charge in [0.25, 0.3) is 0 Å². The van der Waals surface area contributed by atoms with Crippen LogP contribution in [0.1, 0.15) is 40.2 Å². The van der Waals surface area contributed by atoms with Crippen LogP contribution in [-0.2, 0) is 9.53 Å². The molecule has 2 rings (SSSR count). The number of rotatable bonds is 9. The SMILES string of the molecule is CC(C)CC(CNC(=O)CSc1nncn1C(C)C)N1CCOCC1. The van der Waals surface area contributed by atoms with Gasteiger partial charge in [-0.2, -0.15) is 0 Å². The van der Waals surface area contributed by atoms with Crippen molar-refractivity contribution in [1.29, 1.82) is 0 Å². The van der Waals surface area contributed by atoms with Gasteiger partial charge in [-0.15, -0.1) is 10.2 Å². The Kier molecular flexibility index (Phi) is 8.18. The topological polar surface area (TPSA) is 72.3 Å². The van der Waals surface area contributed by atoms with E-state index in [2.05, 4.69) is 48.1 Å². The van der Waals surface area contributed by atoms with Crippen molar-refractivity contribution in [1.82, 2.24) is 25.0 Å². The van der Waals surface area contributed by atoms with E-state index in [0.717, 1.165) is 37.9 Å². The molecule has 25 heavy (non-hydrogen) atoms. The Hall–Kier alpha value is -1.12. The summed E-state index contributed by atoms with van der Waals surface area (Å²) in [6, 6.07) is 0.662. The van der Waals surface area contributed by atoms with E-state index in [0.29, 0.717) is 24.3 Å². The fourth-order valence-corrected chi connectivity index (χ4v) is 3.82. The predicted octanol–water partition coefficient (Wildman–Crippen LogP) is 1.81. The molecule has 1 amide bonds. The fourth-order valence-electron chi connectivity index (χ4n) is 2.95. The van der Waals surface area contributed by atoms with Gasteiger partial charge in [-0.05, 0) is 26.2 Å². The maximum absolute atomic E-state index is 12.3. The van der Waals surface area contributed by atoms with Crippen LogP contribution >= 0.6 is 11.8 Å². The lowest BCUT2D eigenvalue weighted by atomic mass is 10.0. The predicted molar refractivity (Wildman–Crippen MR) is 99.8 cm³/mol. The Morgan fingerprint density at radius 1 is 1.32 bits per heavy atom. The summed E-state index contributed by atoms with van der Waals surface area (Å²) in [5.41, 5.74) is 0. The van der Waals surface area contributed by atoms with Crippen molar-refractivity contribution in [2.24, 2.45) is 5.92 Å². The van der Waals surface area contributed by atoms with Gasteiger partial charge in [-0.3, -0.25) is 9.69 Å². The number of hydrogen-bond acceptors (Lipinski definition) is 6. The zero-order chi connectivity index (χ0) is 18.2. The highest BCUT2D eigenvalue weighted by molar-refractivity contribution is 7.99. The zero-order valence-electron chi connectivity index (χ0n) is 15.8. The summed E-state index contributed by atoms with van der Waals surface area (Å²) in [7, 11) is 0. The second-order valence-electron chi connectivity index (χ2n) is 7.14. The molecular weight excluding hydrogens is 338 g/mol. The molecule has 1 aliphatic rings. The number of carbonyl (C=O) groups excluding carboxylic acids is 1. The first-order chi connectivity index (χ1) is 12.0. The van der Waals surface area contributed by atoms with Crippen molar-refractivity contribution >= 4 is 17.7 Å². The molecule has 1 aromatic heterocycles. The maximum atomic E-state index is 12.3. The van der Waals surface area contributed by atoms with E-state index in [1.807, 2.05) is 4.57 Å². The van der Waals surface area contributed by atoms with E-state index in [-0.39, 0.29) is 11.9 Å². The van der Waals surface area contributed by atoms with Crippen molar-refractivity contribution in [3.63, 3.8) is 0 Å². The van der Waals surface area contributed by atoms with Crippen LogP contribution in [0.25, 0.3) is 0 Å². The van der Waals surface area contributed by atoms with Gasteiger partial charge in [0.05, 0.1) is 19.0 Å². The van der Waals surface area contributed by atoms with Crippen LogP contribution in [0.3, 0.4) is 0 Å². The van der Waals surface area contributed by atoms with Crippen LogP contribution in [0, 0.1) is 5.92 Å². The normalized spacial score (nSPS) is 17.2. The van der Waals surface area contributed by atoms with E-state index in [1.165, 1.54) is 11.8 Å². The van der Waals surface area contributed by atoms with Gasteiger partial charge in [0.15, 0.2) is 5.16 Å². The smallest absolute Gasteiger partial charge is 0.230 e. The van der Waals surface area contributed by atoms with E-state index in [9.17, 15) is 4.79 Å². The van der Waals surface area contributed by atoms with Crippen LogP contribution in [0.5, 0.6) is 0 Å². The second-order valence-corrected chi connectivity index (χ2v) is 8.08. The van der Waals surface area contributed by atoms with Crippen LogP contribution < -0.4 is 5.32 Å². The molecule has 0 aromatic carbocycles. The molecular formula is C17H31N5O2S. The number of ether oxygens (including phenoxy) is 1. The van der Waals surface area contributed by atoms with E-state index in [1.54, 1.807) is 6.33 Å². The van der Waals surface area contributed by atoms with Crippen molar-refractivity contribution in [3.05, 3.63) is 6.33 Å². The van der Waals surface area contributed by atoms with Crippen molar-refractivity contribution in [2.75, 3.05) is 38.6 Å². The second kappa shape index (κ2) is 10.1. The summed E-state index contributed by atoms with van der Waals surface area (Å²) in [6.07, 6.45) is 2.79. The summed E-state index contributed by atoms with van der Waals surface area (Å²) in [4.78, 5) is 14.7. The lowest BCUT2D eigenvalue weighted by Gasteiger charge is -2.35. The Morgan fingerprint density at radius 3 is 2.68 bits per heavy atom. The third kappa shape index (κ3) is 6.60.